The number of allylic oxidation sites excluding steroid dienone is 1. The number of carboxylic acid groups (broad SMARTS) is 1. The van der Waals surface area contributed by atoms with Crippen molar-refractivity contribution in [2.45, 2.75) is 26.2 Å². The second kappa shape index (κ2) is 7.92. The number of hydrogen-bond acceptors (Lipinski definition) is 3. The van der Waals surface area contributed by atoms with E-state index in [-0.39, 0.29) is 17.5 Å². The van der Waals surface area contributed by atoms with E-state index in [0.29, 0.717) is 11.3 Å². The fourth-order valence-electron chi connectivity index (χ4n) is 4.00. The Bertz CT molecular complexity index is 1120. The molecule has 0 saturated carbocycles. The van der Waals surface area contributed by atoms with E-state index in [0.717, 1.165) is 35.6 Å². The molecule has 4 heteroatoms. The summed E-state index contributed by atoms with van der Waals surface area (Å²) in [6.07, 6.45) is 4.79. The van der Waals surface area contributed by atoms with Crippen LogP contribution < -0.4 is 4.74 Å². The van der Waals surface area contributed by atoms with E-state index < -0.39 is 5.97 Å². The Morgan fingerprint density at radius 1 is 0.966 bits per heavy atom. The molecule has 1 unspecified atom stereocenters. The quantitative estimate of drug-likeness (QED) is 0.347. The summed E-state index contributed by atoms with van der Waals surface area (Å²) < 4.78 is 5.85. The van der Waals surface area contributed by atoms with E-state index in [2.05, 4.69) is 0 Å². The normalized spacial score (nSPS) is 16.3. The fraction of sp³-hybridized carbons (Fsp3) is 0.200. The average Bonchev–Trinajstić information content (AvgIpc) is 2.73. The maximum absolute atomic E-state index is 12.8. The van der Waals surface area contributed by atoms with Gasteiger partial charge in [0.05, 0.1) is 11.5 Å². The first kappa shape index (κ1) is 18.9. The molecule has 1 atom stereocenters. The SMILES string of the molecule is CC1=CC(C(=O)Oc2cccc3cccc(-c4ccccc4C(=O)O)c23)CCC1. The maximum atomic E-state index is 12.8. The number of fused-ring (bicyclic) bond motifs is 1. The minimum absolute atomic E-state index is 0.215. The van der Waals surface area contributed by atoms with Gasteiger partial charge in [-0.3, -0.25) is 4.79 Å². The first-order valence-electron chi connectivity index (χ1n) is 9.78. The molecule has 0 aromatic heterocycles. The molecule has 29 heavy (non-hydrogen) atoms. The molecule has 0 spiro atoms. The molecule has 146 valence electrons. The maximum Gasteiger partial charge on any atom is 0.336 e. The average molecular weight is 386 g/mol. The molecule has 3 aromatic rings. The molecule has 1 N–H and O–H groups in total. The lowest BCUT2D eigenvalue weighted by Crippen LogP contribution is -2.21. The minimum Gasteiger partial charge on any atom is -0.478 e. The topological polar surface area (TPSA) is 63.6 Å². The number of carbonyl (C=O) groups is 2. The van der Waals surface area contributed by atoms with Gasteiger partial charge in [-0.25, -0.2) is 4.79 Å². The molecule has 4 rings (SSSR count). The summed E-state index contributed by atoms with van der Waals surface area (Å²) >= 11 is 0. The van der Waals surface area contributed by atoms with Crippen molar-refractivity contribution in [3.05, 3.63) is 77.9 Å². The lowest BCUT2D eigenvalue weighted by Gasteiger charge is -2.19. The van der Waals surface area contributed by atoms with Crippen LogP contribution in [0.15, 0.2) is 72.3 Å². The van der Waals surface area contributed by atoms with Crippen molar-refractivity contribution in [1.29, 1.82) is 0 Å². The lowest BCUT2D eigenvalue weighted by molar-refractivity contribution is -0.137. The van der Waals surface area contributed by atoms with Crippen molar-refractivity contribution in [2.75, 3.05) is 0 Å². The Labute approximate surface area is 169 Å². The third kappa shape index (κ3) is 3.79. The molecule has 0 heterocycles. The number of benzene rings is 3. The summed E-state index contributed by atoms with van der Waals surface area (Å²) in [4.78, 5) is 24.6. The Kier molecular flexibility index (Phi) is 5.17. The van der Waals surface area contributed by atoms with Crippen molar-refractivity contribution in [2.24, 2.45) is 5.92 Å². The van der Waals surface area contributed by atoms with E-state index in [4.69, 9.17) is 4.74 Å². The monoisotopic (exact) mass is 386 g/mol. The number of carboxylic acids is 1. The lowest BCUT2D eigenvalue weighted by atomic mass is 9.91. The second-order valence-electron chi connectivity index (χ2n) is 7.44. The van der Waals surface area contributed by atoms with Gasteiger partial charge >= 0.3 is 11.9 Å². The van der Waals surface area contributed by atoms with Gasteiger partial charge in [0.25, 0.3) is 0 Å². The molecule has 1 aliphatic carbocycles. The third-order valence-electron chi connectivity index (χ3n) is 5.40. The number of hydrogen-bond donors (Lipinski definition) is 1. The standard InChI is InChI=1S/C25H22O4/c1-16-7-4-10-18(15-16)25(28)29-22-14-6-9-17-8-5-13-20(23(17)22)19-11-2-3-12-21(19)24(26)27/h2-3,5-6,8-9,11-15,18H,4,7,10H2,1H3,(H,26,27). The molecule has 0 fully saturated rings. The molecule has 0 radical (unpaired) electrons. The van der Waals surface area contributed by atoms with Gasteiger partial charge in [0.15, 0.2) is 0 Å². The van der Waals surface area contributed by atoms with E-state index in [9.17, 15) is 14.7 Å². The summed E-state index contributed by atoms with van der Waals surface area (Å²) in [5.74, 6) is -1.04. The van der Waals surface area contributed by atoms with Gasteiger partial charge in [-0.1, -0.05) is 60.2 Å². The smallest absolute Gasteiger partial charge is 0.336 e. The van der Waals surface area contributed by atoms with Crippen molar-refractivity contribution in [3.63, 3.8) is 0 Å². The van der Waals surface area contributed by atoms with E-state index in [1.54, 1.807) is 24.3 Å². The van der Waals surface area contributed by atoms with Crippen molar-refractivity contribution in [1.82, 2.24) is 0 Å². The van der Waals surface area contributed by atoms with Crippen molar-refractivity contribution < 1.29 is 19.4 Å². The van der Waals surface area contributed by atoms with Gasteiger partial charge in [-0.15, -0.1) is 0 Å². The highest BCUT2D eigenvalue weighted by Crippen LogP contribution is 2.37. The predicted octanol–water partition coefficient (Wildman–Crippen LogP) is 5.86. The predicted molar refractivity (Wildman–Crippen MR) is 113 cm³/mol. The zero-order valence-electron chi connectivity index (χ0n) is 16.2. The number of carbonyl (C=O) groups excluding carboxylic acids is 1. The zero-order valence-corrected chi connectivity index (χ0v) is 16.2. The van der Waals surface area contributed by atoms with Crippen LogP contribution in [0.4, 0.5) is 0 Å². The summed E-state index contributed by atoms with van der Waals surface area (Å²) in [7, 11) is 0. The van der Waals surface area contributed by atoms with Gasteiger partial charge in [0.2, 0.25) is 0 Å². The van der Waals surface area contributed by atoms with E-state index in [1.807, 2.05) is 49.4 Å². The van der Waals surface area contributed by atoms with Crippen LogP contribution >= 0.6 is 0 Å². The molecule has 0 bridgehead atoms. The third-order valence-corrected chi connectivity index (χ3v) is 5.40. The van der Waals surface area contributed by atoms with Crippen molar-refractivity contribution >= 4 is 22.7 Å². The summed E-state index contributed by atoms with van der Waals surface area (Å²) in [6.45, 7) is 2.04. The molecule has 0 amide bonds. The van der Waals surface area contributed by atoms with Crippen LogP contribution in [0.5, 0.6) is 5.75 Å². The van der Waals surface area contributed by atoms with Crippen LogP contribution in [0.1, 0.15) is 36.5 Å². The van der Waals surface area contributed by atoms with Crippen LogP contribution in [0.25, 0.3) is 21.9 Å². The van der Waals surface area contributed by atoms with E-state index >= 15 is 0 Å². The number of aromatic carboxylic acids is 1. The Morgan fingerprint density at radius 2 is 1.69 bits per heavy atom. The Hall–Kier alpha value is -3.40. The highest BCUT2D eigenvalue weighted by molar-refractivity contribution is 6.06. The molecule has 0 saturated heterocycles. The van der Waals surface area contributed by atoms with Crippen LogP contribution in [0.3, 0.4) is 0 Å². The summed E-state index contributed by atoms with van der Waals surface area (Å²) in [6, 6.07) is 18.1. The molecule has 1 aliphatic rings. The van der Waals surface area contributed by atoms with Gasteiger partial charge in [-0.2, -0.15) is 0 Å². The van der Waals surface area contributed by atoms with Gasteiger partial charge in [0.1, 0.15) is 5.75 Å². The van der Waals surface area contributed by atoms with Crippen LogP contribution in [-0.2, 0) is 4.79 Å². The fourth-order valence-corrected chi connectivity index (χ4v) is 4.00. The van der Waals surface area contributed by atoms with Gasteiger partial charge in [-0.05, 0) is 54.8 Å². The highest BCUT2D eigenvalue weighted by atomic mass is 16.5. The Balaban J connectivity index is 1.82. The Morgan fingerprint density at radius 3 is 2.45 bits per heavy atom. The van der Waals surface area contributed by atoms with Gasteiger partial charge < -0.3 is 9.84 Å². The van der Waals surface area contributed by atoms with Gasteiger partial charge in [0, 0.05) is 5.39 Å². The first-order chi connectivity index (χ1) is 14.0. The molecule has 4 nitrogen and oxygen atoms in total. The van der Waals surface area contributed by atoms with Crippen molar-refractivity contribution in [3.8, 4) is 16.9 Å². The summed E-state index contributed by atoms with van der Waals surface area (Å²) in [5, 5.41) is 11.3. The summed E-state index contributed by atoms with van der Waals surface area (Å²) in [5.41, 5.74) is 2.76. The second-order valence-corrected chi connectivity index (χ2v) is 7.44. The minimum atomic E-state index is -0.991. The van der Waals surface area contributed by atoms with Crippen LogP contribution in [0, 0.1) is 5.92 Å². The molecular weight excluding hydrogens is 364 g/mol. The van der Waals surface area contributed by atoms with Crippen LogP contribution in [-0.4, -0.2) is 17.0 Å². The molecular formula is C25H22O4. The largest absolute Gasteiger partial charge is 0.478 e. The van der Waals surface area contributed by atoms with Crippen LogP contribution in [0.2, 0.25) is 0 Å². The molecule has 3 aromatic carbocycles. The zero-order chi connectivity index (χ0) is 20.4. The number of esters is 1. The van der Waals surface area contributed by atoms with E-state index in [1.165, 1.54) is 5.57 Å². The molecule has 0 aliphatic heterocycles. The highest BCUT2D eigenvalue weighted by Gasteiger charge is 2.23. The number of rotatable bonds is 4. The number of ether oxygens (including phenoxy) is 1. The first-order valence-corrected chi connectivity index (χ1v) is 9.78.